The Kier molecular flexibility index (Phi) is 6.54. The molecule has 16 heavy (non-hydrogen) atoms. The summed E-state index contributed by atoms with van der Waals surface area (Å²) < 4.78 is -1.41. The number of thioether (sulfide) groups is 1. The first kappa shape index (κ1) is 15.9. The minimum atomic E-state index is -1.41. The standard InChI is InChI=1S/C10H15IO4S/c1-6(2)4-10(11,9(14)15)8(13)5-16-7(3)12/h6H,4-5H2,1-3H3,(H,14,15). The molecule has 0 aliphatic rings. The van der Waals surface area contributed by atoms with E-state index in [1.165, 1.54) is 6.92 Å². The Hall–Kier alpha value is -0.110. The van der Waals surface area contributed by atoms with Crippen molar-refractivity contribution in [2.75, 3.05) is 5.75 Å². The molecule has 0 amide bonds. The molecule has 0 aromatic heterocycles. The van der Waals surface area contributed by atoms with Crippen LogP contribution in [0.3, 0.4) is 0 Å². The monoisotopic (exact) mass is 358 g/mol. The largest absolute Gasteiger partial charge is 0.480 e. The van der Waals surface area contributed by atoms with Gasteiger partial charge in [-0.1, -0.05) is 48.2 Å². The van der Waals surface area contributed by atoms with Crippen LogP contribution in [0.4, 0.5) is 0 Å². The second-order valence-electron chi connectivity index (χ2n) is 3.91. The second kappa shape index (κ2) is 6.58. The van der Waals surface area contributed by atoms with Gasteiger partial charge in [0.1, 0.15) is 0 Å². The molecular weight excluding hydrogens is 343 g/mol. The summed E-state index contributed by atoms with van der Waals surface area (Å²) in [5.74, 6) is -1.50. The zero-order chi connectivity index (χ0) is 12.9. The maximum atomic E-state index is 11.8. The first-order valence-electron chi connectivity index (χ1n) is 4.79. The van der Waals surface area contributed by atoms with Crippen molar-refractivity contribution in [1.82, 2.24) is 0 Å². The Labute approximate surface area is 113 Å². The predicted octanol–water partition coefficient (Wildman–Crippen LogP) is 2.14. The Morgan fingerprint density at radius 1 is 1.38 bits per heavy atom. The van der Waals surface area contributed by atoms with Crippen LogP contribution in [0.5, 0.6) is 0 Å². The molecule has 6 heteroatoms. The van der Waals surface area contributed by atoms with Crippen LogP contribution >= 0.6 is 34.4 Å². The number of aliphatic carboxylic acids is 1. The van der Waals surface area contributed by atoms with Gasteiger partial charge in [-0.25, -0.2) is 0 Å². The number of carboxylic acids is 1. The van der Waals surface area contributed by atoms with E-state index < -0.39 is 15.2 Å². The van der Waals surface area contributed by atoms with Gasteiger partial charge in [0.2, 0.25) is 0 Å². The van der Waals surface area contributed by atoms with E-state index in [2.05, 4.69) is 0 Å². The summed E-state index contributed by atoms with van der Waals surface area (Å²) in [6, 6.07) is 0. The van der Waals surface area contributed by atoms with Crippen molar-refractivity contribution in [3.63, 3.8) is 0 Å². The third-order valence-corrected chi connectivity index (χ3v) is 4.19. The summed E-state index contributed by atoms with van der Waals surface area (Å²) in [4.78, 5) is 33.6. The summed E-state index contributed by atoms with van der Waals surface area (Å²) in [6.07, 6.45) is 0.278. The quantitative estimate of drug-likeness (QED) is 0.448. The maximum absolute atomic E-state index is 11.8. The molecule has 0 aliphatic heterocycles. The Morgan fingerprint density at radius 2 is 1.88 bits per heavy atom. The molecule has 4 nitrogen and oxygen atoms in total. The Bertz CT molecular complexity index is 303. The number of ketones is 1. The summed E-state index contributed by atoms with van der Waals surface area (Å²) in [5, 5.41) is 8.92. The van der Waals surface area contributed by atoms with E-state index in [1.807, 2.05) is 13.8 Å². The van der Waals surface area contributed by atoms with Crippen molar-refractivity contribution < 1.29 is 19.5 Å². The average molecular weight is 358 g/mol. The van der Waals surface area contributed by atoms with Gasteiger partial charge in [-0.2, -0.15) is 0 Å². The lowest BCUT2D eigenvalue weighted by molar-refractivity contribution is -0.143. The van der Waals surface area contributed by atoms with Gasteiger partial charge in [0.15, 0.2) is 14.3 Å². The number of hydrogen-bond donors (Lipinski definition) is 1. The number of hydrogen-bond acceptors (Lipinski definition) is 4. The lowest BCUT2D eigenvalue weighted by Crippen LogP contribution is -2.43. The number of rotatable bonds is 6. The molecule has 0 aliphatic carbocycles. The topological polar surface area (TPSA) is 71.4 Å². The van der Waals surface area contributed by atoms with Crippen molar-refractivity contribution in [1.29, 1.82) is 0 Å². The van der Waals surface area contributed by atoms with Crippen molar-refractivity contribution in [3.8, 4) is 0 Å². The highest BCUT2D eigenvalue weighted by Crippen LogP contribution is 2.30. The molecule has 1 unspecified atom stereocenters. The van der Waals surface area contributed by atoms with Gasteiger partial charge in [0.25, 0.3) is 0 Å². The number of carboxylic acid groups (broad SMARTS) is 1. The van der Waals surface area contributed by atoms with Crippen LogP contribution in [-0.4, -0.2) is 31.1 Å². The van der Waals surface area contributed by atoms with Gasteiger partial charge in [-0.15, -0.1) is 0 Å². The van der Waals surface area contributed by atoms with Crippen LogP contribution in [0.15, 0.2) is 0 Å². The molecule has 0 saturated heterocycles. The third-order valence-electron chi connectivity index (χ3n) is 1.88. The molecule has 1 atom stereocenters. The Morgan fingerprint density at radius 3 is 2.19 bits per heavy atom. The Balaban J connectivity index is 4.70. The fourth-order valence-electron chi connectivity index (χ4n) is 1.16. The van der Waals surface area contributed by atoms with Crippen molar-refractivity contribution in [2.24, 2.45) is 5.92 Å². The molecule has 0 aromatic rings. The molecule has 1 N–H and O–H groups in total. The van der Waals surface area contributed by atoms with Crippen molar-refractivity contribution in [2.45, 2.75) is 30.6 Å². The first-order valence-corrected chi connectivity index (χ1v) is 6.85. The normalized spacial score (nSPS) is 14.6. The van der Waals surface area contributed by atoms with Crippen LogP contribution in [0.2, 0.25) is 0 Å². The van der Waals surface area contributed by atoms with Crippen molar-refractivity contribution >= 4 is 51.2 Å². The third kappa shape index (κ3) is 4.82. The summed E-state index contributed by atoms with van der Waals surface area (Å²) in [7, 11) is 0. The maximum Gasteiger partial charge on any atom is 0.327 e. The van der Waals surface area contributed by atoms with E-state index in [9.17, 15) is 14.4 Å². The molecular formula is C10H15IO4S. The van der Waals surface area contributed by atoms with Crippen LogP contribution < -0.4 is 0 Å². The second-order valence-corrected chi connectivity index (χ2v) is 6.90. The van der Waals surface area contributed by atoms with E-state index in [0.29, 0.717) is 0 Å². The fraction of sp³-hybridized carbons (Fsp3) is 0.700. The average Bonchev–Trinajstić information content (AvgIpc) is 2.12. The summed E-state index contributed by atoms with van der Waals surface area (Å²) in [5.41, 5.74) is 0. The SMILES string of the molecule is CC(=O)SCC(=O)C(I)(CC(C)C)C(=O)O. The van der Waals surface area contributed by atoms with Gasteiger partial charge >= 0.3 is 5.97 Å². The van der Waals surface area contributed by atoms with Crippen LogP contribution in [0, 0.1) is 5.92 Å². The van der Waals surface area contributed by atoms with Gasteiger partial charge in [0.05, 0.1) is 5.75 Å². The van der Waals surface area contributed by atoms with Crippen LogP contribution in [-0.2, 0) is 14.4 Å². The number of carbonyl (C=O) groups is 3. The van der Waals surface area contributed by atoms with E-state index in [0.717, 1.165) is 11.8 Å². The highest BCUT2D eigenvalue weighted by Gasteiger charge is 2.43. The highest BCUT2D eigenvalue weighted by atomic mass is 127. The van der Waals surface area contributed by atoms with Gasteiger partial charge < -0.3 is 5.11 Å². The number of carbonyl (C=O) groups excluding carboxylic acids is 2. The van der Waals surface area contributed by atoms with Crippen LogP contribution in [0.25, 0.3) is 0 Å². The summed E-state index contributed by atoms with van der Waals surface area (Å²) >= 11 is 2.53. The lowest BCUT2D eigenvalue weighted by Gasteiger charge is -2.22. The molecule has 0 spiro atoms. The lowest BCUT2D eigenvalue weighted by atomic mass is 9.94. The van der Waals surface area contributed by atoms with E-state index in [1.54, 1.807) is 22.6 Å². The summed E-state index contributed by atoms with van der Waals surface area (Å²) in [6.45, 7) is 5.08. The van der Waals surface area contributed by atoms with E-state index in [-0.39, 0.29) is 23.2 Å². The minimum absolute atomic E-state index is 0.0721. The van der Waals surface area contributed by atoms with E-state index in [4.69, 9.17) is 5.11 Å². The number of halogens is 1. The molecule has 0 heterocycles. The number of alkyl halides is 1. The zero-order valence-electron chi connectivity index (χ0n) is 9.45. The highest BCUT2D eigenvalue weighted by molar-refractivity contribution is 14.1. The molecule has 0 saturated carbocycles. The van der Waals surface area contributed by atoms with E-state index >= 15 is 0 Å². The van der Waals surface area contributed by atoms with Crippen molar-refractivity contribution in [3.05, 3.63) is 0 Å². The van der Waals surface area contributed by atoms with Gasteiger partial charge in [-0.05, 0) is 12.3 Å². The van der Waals surface area contributed by atoms with Crippen LogP contribution in [0.1, 0.15) is 27.2 Å². The molecule has 92 valence electrons. The number of Topliss-reactive ketones (excluding diaryl/α,β-unsaturated/α-hetero) is 1. The molecule has 0 aromatic carbocycles. The smallest absolute Gasteiger partial charge is 0.327 e. The minimum Gasteiger partial charge on any atom is -0.480 e. The first-order chi connectivity index (χ1) is 7.20. The molecule has 0 bridgehead atoms. The zero-order valence-corrected chi connectivity index (χ0v) is 12.4. The molecule has 0 fully saturated rings. The van der Waals surface area contributed by atoms with Gasteiger partial charge in [0, 0.05) is 6.92 Å². The van der Waals surface area contributed by atoms with Gasteiger partial charge in [-0.3, -0.25) is 14.4 Å². The molecule has 0 radical (unpaired) electrons. The predicted molar refractivity (Wildman–Crippen MR) is 72.0 cm³/mol. The molecule has 0 rings (SSSR count). The fourth-order valence-corrected chi connectivity index (χ4v) is 3.08.